The number of sulfonamides is 1. The van der Waals surface area contributed by atoms with Gasteiger partial charge < -0.3 is 4.74 Å². The summed E-state index contributed by atoms with van der Waals surface area (Å²) < 4.78 is 32.8. The highest BCUT2D eigenvalue weighted by Crippen LogP contribution is 2.33. The smallest absolute Gasteiger partial charge is 0.253 e. The Balaban J connectivity index is 1.91. The predicted molar refractivity (Wildman–Crippen MR) is 98.3 cm³/mol. The third-order valence-electron chi connectivity index (χ3n) is 4.30. The summed E-state index contributed by atoms with van der Waals surface area (Å²) in [6, 6.07) is 7.51. The minimum atomic E-state index is -3.72. The Bertz CT molecular complexity index is 907. The molecule has 8 heteroatoms. The predicted octanol–water partition coefficient (Wildman–Crippen LogP) is 3.75. The normalized spacial score (nSPS) is 18.4. The second kappa shape index (κ2) is 7.07. The number of benzene rings is 1. The van der Waals surface area contributed by atoms with Crippen LogP contribution < -0.4 is 4.74 Å². The molecule has 1 aromatic heterocycles. The molecule has 1 atom stereocenters. The molecule has 0 amide bonds. The highest BCUT2D eigenvalue weighted by molar-refractivity contribution is 7.91. The van der Waals surface area contributed by atoms with E-state index in [4.69, 9.17) is 16.3 Å². The number of thiophene rings is 1. The van der Waals surface area contributed by atoms with E-state index in [9.17, 15) is 13.2 Å². The van der Waals surface area contributed by atoms with Crippen LogP contribution in [0.1, 0.15) is 28.8 Å². The molecule has 2 heterocycles. The lowest BCUT2D eigenvalue weighted by molar-refractivity contribution is 0.0918. The van der Waals surface area contributed by atoms with Crippen LogP contribution in [0.5, 0.6) is 5.75 Å². The SMILES string of the molecule is COc1ccc(C(=O)C2CCCN2S(=O)(=O)c2ccc(Cl)s2)cc1C. The first-order valence-corrected chi connectivity index (χ1v) is 10.4. The van der Waals surface area contributed by atoms with Crippen LogP contribution in [0.4, 0.5) is 0 Å². The molecule has 134 valence electrons. The van der Waals surface area contributed by atoms with Crippen molar-refractivity contribution in [1.82, 2.24) is 4.31 Å². The molecule has 0 bridgehead atoms. The molecule has 5 nitrogen and oxygen atoms in total. The molecule has 1 aliphatic heterocycles. The van der Waals surface area contributed by atoms with Crippen molar-refractivity contribution in [3.8, 4) is 5.75 Å². The molecule has 3 rings (SSSR count). The van der Waals surface area contributed by atoms with Gasteiger partial charge in [0.2, 0.25) is 0 Å². The van der Waals surface area contributed by atoms with E-state index in [2.05, 4.69) is 0 Å². The molecule has 25 heavy (non-hydrogen) atoms. The fraction of sp³-hybridized carbons (Fsp3) is 0.353. The molecular weight excluding hydrogens is 382 g/mol. The van der Waals surface area contributed by atoms with E-state index in [0.717, 1.165) is 16.9 Å². The van der Waals surface area contributed by atoms with Gasteiger partial charge in [-0.3, -0.25) is 4.79 Å². The van der Waals surface area contributed by atoms with Gasteiger partial charge in [0.1, 0.15) is 9.96 Å². The zero-order valence-corrected chi connectivity index (χ0v) is 16.2. The van der Waals surface area contributed by atoms with E-state index in [0.29, 0.717) is 35.0 Å². The number of carbonyl (C=O) groups is 1. The number of Topliss-reactive ketones (excluding diaryl/α,β-unsaturated/α-hetero) is 1. The molecule has 0 saturated carbocycles. The van der Waals surface area contributed by atoms with Crippen molar-refractivity contribution in [2.45, 2.75) is 30.0 Å². The summed E-state index contributed by atoms with van der Waals surface area (Å²) in [6.45, 7) is 2.19. The number of aryl methyl sites for hydroxylation is 1. The lowest BCUT2D eigenvalue weighted by atomic mass is 10.0. The molecule has 2 aromatic rings. The highest BCUT2D eigenvalue weighted by atomic mass is 35.5. The molecular formula is C17H18ClNO4S2. The van der Waals surface area contributed by atoms with Gasteiger partial charge in [0.05, 0.1) is 17.5 Å². The zero-order chi connectivity index (χ0) is 18.2. The zero-order valence-electron chi connectivity index (χ0n) is 13.9. The number of rotatable bonds is 5. The number of nitrogens with zero attached hydrogens (tertiary/aromatic N) is 1. The molecule has 1 aliphatic rings. The minimum Gasteiger partial charge on any atom is -0.496 e. The summed E-state index contributed by atoms with van der Waals surface area (Å²) in [5, 5.41) is 0. The van der Waals surface area contributed by atoms with Gasteiger partial charge in [-0.2, -0.15) is 4.31 Å². The molecule has 1 aromatic carbocycles. The molecule has 0 aliphatic carbocycles. The summed E-state index contributed by atoms with van der Waals surface area (Å²) >= 11 is 6.88. The largest absolute Gasteiger partial charge is 0.496 e. The van der Waals surface area contributed by atoms with Crippen LogP contribution in [0.3, 0.4) is 0 Å². The van der Waals surface area contributed by atoms with Crippen LogP contribution in [0, 0.1) is 6.92 Å². The number of halogens is 1. The van der Waals surface area contributed by atoms with Crippen LogP contribution in [0.2, 0.25) is 4.34 Å². The summed E-state index contributed by atoms with van der Waals surface area (Å²) in [4.78, 5) is 12.9. The van der Waals surface area contributed by atoms with Crippen LogP contribution >= 0.6 is 22.9 Å². The van der Waals surface area contributed by atoms with Gasteiger partial charge in [0, 0.05) is 12.1 Å². The van der Waals surface area contributed by atoms with E-state index in [-0.39, 0.29) is 9.99 Å². The van der Waals surface area contributed by atoms with Crippen molar-refractivity contribution in [2.24, 2.45) is 0 Å². The fourth-order valence-electron chi connectivity index (χ4n) is 3.07. The third kappa shape index (κ3) is 3.46. The Labute approximate surface area is 156 Å². The topological polar surface area (TPSA) is 63.7 Å². The van der Waals surface area contributed by atoms with Crippen LogP contribution in [-0.4, -0.2) is 38.2 Å². The lowest BCUT2D eigenvalue weighted by Crippen LogP contribution is -2.40. The monoisotopic (exact) mass is 399 g/mol. The van der Waals surface area contributed by atoms with E-state index < -0.39 is 16.1 Å². The maximum atomic E-state index is 12.9. The van der Waals surface area contributed by atoms with Gasteiger partial charge in [0.25, 0.3) is 10.0 Å². The Kier molecular flexibility index (Phi) is 5.20. The number of carbonyl (C=O) groups excluding carboxylic acids is 1. The van der Waals surface area contributed by atoms with Crippen LogP contribution in [0.25, 0.3) is 0 Å². The van der Waals surface area contributed by atoms with Crippen LogP contribution in [-0.2, 0) is 10.0 Å². The second-order valence-electron chi connectivity index (χ2n) is 5.88. The summed E-state index contributed by atoms with van der Waals surface area (Å²) in [7, 11) is -2.15. The Morgan fingerprint density at radius 2 is 2.08 bits per heavy atom. The van der Waals surface area contributed by atoms with Gasteiger partial charge in [-0.25, -0.2) is 8.42 Å². The van der Waals surface area contributed by atoms with Crippen molar-refractivity contribution in [3.05, 3.63) is 45.8 Å². The molecule has 1 fully saturated rings. The fourth-order valence-corrected chi connectivity index (χ4v) is 6.33. The second-order valence-corrected chi connectivity index (χ2v) is 9.71. The molecule has 1 saturated heterocycles. The van der Waals surface area contributed by atoms with Crippen molar-refractivity contribution in [2.75, 3.05) is 13.7 Å². The summed E-state index contributed by atoms with van der Waals surface area (Å²) in [6.07, 6.45) is 1.17. The minimum absolute atomic E-state index is 0.170. The number of hydrogen-bond acceptors (Lipinski definition) is 5. The molecule has 0 N–H and O–H groups in total. The van der Waals surface area contributed by atoms with Crippen molar-refractivity contribution in [3.63, 3.8) is 0 Å². The first-order valence-electron chi connectivity index (χ1n) is 7.80. The Hall–Kier alpha value is -1.41. The van der Waals surface area contributed by atoms with Gasteiger partial charge in [0.15, 0.2) is 5.78 Å². The van der Waals surface area contributed by atoms with Crippen molar-refractivity contribution in [1.29, 1.82) is 0 Å². The van der Waals surface area contributed by atoms with E-state index in [1.807, 2.05) is 6.92 Å². The van der Waals surface area contributed by atoms with E-state index in [1.54, 1.807) is 31.4 Å². The van der Waals surface area contributed by atoms with Gasteiger partial charge >= 0.3 is 0 Å². The third-order valence-corrected chi connectivity index (χ3v) is 7.90. The van der Waals surface area contributed by atoms with Crippen LogP contribution in [0.15, 0.2) is 34.5 Å². The number of hydrogen-bond donors (Lipinski definition) is 0. The molecule has 0 spiro atoms. The first kappa shape index (κ1) is 18.4. The van der Waals surface area contributed by atoms with E-state index >= 15 is 0 Å². The number of methoxy groups -OCH3 is 1. The average molecular weight is 400 g/mol. The quantitative estimate of drug-likeness (QED) is 0.718. The van der Waals surface area contributed by atoms with Crippen molar-refractivity contribution >= 4 is 38.7 Å². The van der Waals surface area contributed by atoms with E-state index in [1.165, 1.54) is 10.4 Å². The number of ether oxygens (including phenoxy) is 1. The average Bonchev–Trinajstić information content (AvgIpc) is 3.23. The lowest BCUT2D eigenvalue weighted by Gasteiger charge is -2.22. The molecule has 1 unspecified atom stereocenters. The van der Waals surface area contributed by atoms with Gasteiger partial charge in [-0.1, -0.05) is 11.6 Å². The maximum absolute atomic E-state index is 12.9. The maximum Gasteiger partial charge on any atom is 0.253 e. The van der Waals surface area contributed by atoms with Gasteiger partial charge in [-0.15, -0.1) is 11.3 Å². The highest BCUT2D eigenvalue weighted by Gasteiger charge is 2.40. The van der Waals surface area contributed by atoms with Gasteiger partial charge in [-0.05, 0) is 55.7 Å². The summed E-state index contributed by atoms with van der Waals surface area (Å²) in [5.74, 6) is 0.509. The Morgan fingerprint density at radius 1 is 1.32 bits per heavy atom. The first-order chi connectivity index (χ1) is 11.8. The standard InChI is InChI=1S/C17H18ClNO4S2/c1-11-10-12(5-6-14(11)23-2)17(20)13-4-3-9-19(13)25(21,22)16-8-7-15(18)24-16/h5-8,10,13H,3-4,9H2,1-2H3. The Morgan fingerprint density at radius 3 is 2.68 bits per heavy atom. The summed E-state index contributed by atoms with van der Waals surface area (Å²) in [5.41, 5.74) is 1.33. The number of ketones is 1. The van der Waals surface area contributed by atoms with Crippen molar-refractivity contribution < 1.29 is 17.9 Å². The molecule has 0 radical (unpaired) electrons.